The van der Waals surface area contributed by atoms with Gasteiger partial charge in [-0.05, 0) is 91.2 Å². The Hall–Kier alpha value is -4.24. The van der Waals surface area contributed by atoms with E-state index in [0.717, 1.165) is 12.8 Å². The number of hydrogen-bond acceptors (Lipinski definition) is 11. The smallest absolute Gasteiger partial charge is 0.307 e. The van der Waals surface area contributed by atoms with Crippen LogP contribution < -0.4 is 19.5 Å². The molecule has 57 heavy (non-hydrogen) atoms. The van der Waals surface area contributed by atoms with Crippen LogP contribution in [0.25, 0.3) is 10.9 Å². The number of nitrogens with one attached hydrogen (secondary N) is 2. The lowest BCUT2D eigenvalue weighted by atomic mass is 9.87. The van der Waals surface area contributed by atoms with Gasteiger partial charge < -0.3 is 24.4 Å². The molecule has 1 aromatic heterocycles. The van der Waals surface area contributed by atoms with E-state index in [1.54, 1.807) is 39.8 Å². The summed E-state index contributed by atoms with van der Waals surface area (Å²) in [7, 11) is -2.53. The molecular weight excluding hydrogens is 776 g/mol. The van der Waals surface area contributed by atoms with Crippen molar-refractivity contribution in [1.29, 1.82) is 0 Å². The molecule has 2 aromatic rings. The third-order valence-electron chi connectivity index (χ3n) is 12.2. The molecule has 2 aliphatic carbocycles. The molecule has 1 saturated heterocycles. The molecule has 5 aliphatic rings. The zero-order valence-corrected chi connectivity index (χ0v) is 34.6. The first-order chi connectivity index (χ1) is 26.8. The van der Waals surface area contributed by atoms with Crippen molar-refractivity contribution in [1.82, 2.24) is 19.9 Å². The van der Waals surface area contributed by atoms with Crippen molar-refractivity contribution in [3.05, 3.63) is 40.6 Å². The summed E-state index contributed by atoms with van der Waals surface area (Å²) in [5.41, 5.74) is -2.35. The van der Waals surface area contributed by atoms with E-state index in [1.807, 2.05) is 12.2 Å². The fraction of sp³-hybridized carbons (Fsp3) is 0.610. The number of amides is 3. The molecule has 5 atom stereocenters. The minimum atomic E-state index is -4.02. The molecule has 308 valence electrons. The first kappa shape index (κ1) is 40.9. The number of fused-ring (bicyclic) bond motifs is 5. The number of esters is 1. The fourth-order valence-corrected chi connectivity index (χ4v) is 10.2. The summed E-state index contributed by atoms with van der Waals surface area (Å²) in [6.07, 6.45) is 9.14. The molecule has 1 aromatic carbocycles. The maximum atomic E-state index is 14.8. The Labute approximate surface area is 337 Å². The van der Waals surface area contributed by atoms with Crippen LogP contribution in [0, 0.1) is 11.8 Å². The summed E-state index contributed by atoms with van der Waals surface area (Å²) in [6, 6.07) is 2.20. The van der Waals surface area contributed by atoms with Crippen LogP contribution in [0.4, 0.5) is 0 Å². The maximum Gasteiger partial charge on any atom is 0.307 e. The van der Waals surface area contributed by atoms with E-state index in [-0.39, 0.29) is 37.3 Å². The van der Waals surface area contributed by atoms with Crippen LogP contribution in [-0.2, 0) is 40.4 Å². The lowest BCUT2D eigenvalue weighted by molar-refractivity contribution is -0.159. The fourth-order valence-electron chi connectivity index (χ4n) is 8.54. The number of methoxy groups -OCH3 is 1. The van der Waals surface area contributed by atoms with Crippen LogP contribution in [0.1, 0.15) is 114 Å². The number of nitrogens with zero attached hydrogens (tertiary/aromatic N) is 2. The monoisotopic (exact) mass is 826 g/mol. The molecule has 4 heterocycles. The third kappa shape index (κ3) is 7.85. The van der Waals surface area contributed by atoms with Crippen molar-refractivity contribution in [3.8, 4) is 11.5 Å². The van der Waals surface area contributed by atoms with Crippen LogP contribution >= 0.6 is 11.6 Å². The third-order valence-corrected chi connectivity index (χ3v) is 14.7. The van der Waals surface area contributed by atoms with E-state index in [1.165, 1.54) is 12.0 Å². The standard InChI is InChI=1S/C41H51ClN4O10S/c1-38(2,3)55-31(48)19-24-11-9-7-6-8-10-12-25-20-41(25,37(51)45-57(52,53)39(4)17-18-39)44-35(49)29-21-40(23-46(29)36(24)50)16-15-26-32-27(13-14-30(54-5)33(32)42)43-28(22-47)34(26)56-40/h10,12-14,22,24-25,29H,6-9,11,15-21,23H2,1-5H3,(H,44,49)(H,45,51)/b12-10-/t24-,25-,29+,40-,41-/m1/s1. The molecule has 3 aliphatic heterocycles. The van der Waals surface area contributed by atoms with Gasteiger partial charge in [0.25, 0.3) is 5.91 Å². The number of carbonyl (C=O) groups is 5. The van der Waals surface area contributed by atoms with E-state index in [4.69, 9.17) is 25.8 Å². The highest BCUT2D eigenvalue weighted by molar-refractivity contribution is 7.91. The molecule has 2 N–H and O–H groups in total. The van der Waals surface area contributed by atoms with E-state index in [0.29, 0.717) is 78.5 Å². The molecule has 7 rings (SSSR count). The second-order valence-electron chi connectivity index (χ2n) is 17.6. The van der Waals surface area contributed by atoms with Gasteiger partial charge in [-0.15, -0.1) is 0 Å². The van der Waals surface area contributed by atoms with Gasteiger partial charge in [-0.3, -0.25) is 28.7 Å². The molecular formula is C41H51ClN4O10S. The molecule has 14 nitrogen and oxygen atoms in total. The Morgan fingerprint density at radius 3 is 2.58 bits per heavy atom. The van der Waals surface area contributed by atoms with Gasteiger partial charge in [-0.2, -0.15) is 0 Å². The van der Waals surface area contributed by atoms with Gasteiger partial charge in [-0.1, -0.05) is 36.6 Å². The van der Waals surface area contributed by atoms with Crippen LogP contribution in [-0.4, -0.2) is 89.5 Å². The first-order valence-corrected chi connectivity index (χ1v) is 21.6. The summed E-state index contributed by atoms with van der Waals surface area (Å²) in [4.78, 5) is 75.2. The number of allylic oxidation sites excluding steroid dienone is 1. The highest BCUT2D eigenvalue weighted by atomic mass is 35.5. The Balaban J connectivity index is 1.26. The van der Waals surface area contributed by atoms with Gasteiger partial charge in [0.1, 0.15) is 34.2 Å². The number of aldehydes is 1. The van der Waals surface area contributed by atoms with Crippen molar-refractivity contribution < 1.29 is 46.6 Å². The SMILES string of the molecule is COc1ccc2nc(C=O)c3c(c2c1Cl)CC[C@]1(C[C@H]2C(=O)N[C@]4(C(=O)NS(=O)(=O)C5(C)CC5)C[C@H]4/C=C\CCCCC[C@H](CC(=O)OC(C)(C)C)C(=O)N2C1)O3. The second-order valence-corrected chi connectivity index (χ2v) is 20.2. The van der Waals surface area contributed by atoms with Crippen LogP contribution in [0.15, 0.2) is 24.3 Å². The van der Waals surface area contributed by atoms with E-state index in [2.05, 4.69) is 15.0 Å². The summed E-state index contributed by atoms with van der Waals surface area (Å²) in [5, 5.41) is 3.79. The Bertz CT molecular complexity index is 2170. The van der Waals surface area contributed by atoms with Gasteiger partial charge >= 0.3 is 5.97 Å². The van der Waals surface area contributed by atoms with Crippen molar-refractivity contribution >= 4 is 62.5 Å². The van der Waals surface area contributed by atoms with E-state index >= 15 is 0 Å². The highest BCUT2D eigenvalue weighted by Crippen LogP contribution is 2.50. The number of rotatable bonds is 7. The second kappa shape index (κ2) is 14.9. The molecule has 0 radical (unpaired) electrons. The lowest BCUT2D eigenvalue weighted by Crippen LogP contribution is -2.57. The van der Waals surface area contributed by atoms with Gasteiger partial charge in [0.2, 0.25) is 21.8 Å². The number of carbonyl (C=O) groups excluding carboxylic acids is 5. The number of ether oxygens (including phenoxy) is 3. The summed E-state index contributed by atoms with van der Waals surface area (Å²) in [6.45, 7) is 6.77. The van der Waals surface area contributed by atoms with E-state index < -0.39 is 73.1 Å². The minimum absolute atomic E-state index is 0.0140. The Kier molecular flexibility index (Phi) is 10.7. The Morgan fingerprint density at radius 2 is 1.89 bits per heavy atom. The summed E-state index contributed by atoms with van der Waals surface area (Å²) >= 11 is 6.78. The predicted octanol–water partition coefficient (Wildman–Crippen LogP) is 5.12. The molecule has 16 heteroatoms. The average molecular weight is 827 g/mol. The normalized spacial score (nSPS) is 29.0. The summed E-state index contributed by atoms with van der Waals surface area (Å²) in [5.74, 6) is -3.12. The van der Waals surface area contributed by atoms with Gasteiger partial charge in [0.05, 0.1) is 35.4 Å². The first-order valence-electron chi connectivity index (χ1n) is 19.8. The largest absolute Gasteiger partial charge is 0.495 e. The average Bonchev–Trinajstić information content (AvgIpc) is 4.04. The Morgan fingerprint density at radius 1 is 1.14 bits per heavy atom. The molecule has 0 bridgehead atoms. The number of benzene rings is 1. The zero-order valence-electron chi connectivity index (χ0n) is 33.1. The maximum absolute atomic E-state index is 14.8. The zero-order chi connectivity index (χ0) is 41.1. The van der Waals surface area contributed by atoms with Crippen molar-refractivity contribution in [2.75, 3.05) is 13.7 Å². The highest BCUT2D eigenvalue weighted by Gasteiger charge is 2.64. The van der Waals surface area contributed by atoms with Crippen LogP contribution in [0.5, 0.6) is 11.5 Å². The number of pyridine rings is 1. The quantitative estimate of drug-likeness (QED) is 0.215. The van der Waals surface area contributed by atoms with Crippen molar-refractivity contribution in [2.24, 2.45) is 11.8 Å². The molecule has 2 saturated carbocycles. The lowest BCUT2D eigenvalue weighted by Gasteiger charge is -2.36. The number of sulfonamides is 1. The van der Waals surface area contributed by atoms with Crippen molar-refractivity contribution in [3.63, 3.8) is 0 Å². The number of halogens is 1. The number of aromatic nitrogens is 1. The molecule has 3 fully saturated rings. The van der Waals surface area contributed by atoms with Gasteiger partial charge in [0.15, 0.2) is 12.0 Å². The number of hydrogen-bond donors (Lipinski definition) is 2. The van der Waals surface area contributed by atoms with E-state index in [9.17, 15) is 32.4 Å². The minimum Gasteiger partial charge on any atom is -0.495 e. The molecule has 1 spiro atoms. The van der Waals surface area contributed by atoms with Gasteiger partial charge in [0, 0.05) is 29.2 Å². The van der Waals surface area contributed by atoms with Crippen LogP contribution in [0.3, 0.4) is 0 Å². The topological polar surface area (TPSA) is 187 Å². The molecule has 0 unspecified atom stereocenters. The van der Waals surface area contributed by atoms with Crippen molar-refractivity contribution in [2.45, 2.75) is 132 Å². The van der Waals surface area contributed by atoms with Crippen LogP contribution in [0.2, 0.25) is 5.02 Å². The predicted molar refractivity (Wildman–Crippen MR) is 210 cm³/mol. The van der Waals surface area contributed by atoms with Gasteiger partial charge in [-0.25, -0.2) is 13.4 Å². The number of aryl methyl sites for hydroxylation is 1. The molecule has 3 amide bonds. The summed E-state index contributed by atoms with van der Waals surface area (Å²) < 4.78 is 45.5.